The van der Waals surface area contributed by atoms with Crippen LogP contribution in [0.4, 0.5) is 0 Å². The molecular formula is C14H11N3. The third kappa shape index (κ3) is 1.61. The van der Waals surface area contributed by atoms with E-state index in [1.54, 1.807) is 10.9 Å². The summed E-state index contributed by atoms with van der Waals surface area (Å²) in [5.74, 6) is 0. The van der Waals surface area contributed by atoms with E-state index in [-0.39, 0.29) is 0 Å². The fourth-order valence-corrected chi connectivity index (χ4v) is 1.88. The fourth-order valence-electron chi connectivity index (χ4n) is 1.88. The van der Waals surface area contributed by atoms with E-state index in [0.29, 0.717) is 5.49 Å². The number of benzene rings is 2. The van der Waals surface area contributed by atoms with Crippen molar-refractivity contribution in [2.45, 2.75) is 0 Å². The lowest BCUT2D eigenvalue weighted by atomic mass is 10.2. The minimum Gasteiger partial charge on any atom is -0.285 e. The van der Waals surface area contributed by atoms with Crippen LogP contribution in [0.5, 0.6) is 0 Å². The average Bonchev–Trinajstić information content (AvgIpc) is 2.40. The van der Waals surface area contributed by atoms with Gasteiger partial charge in [0.25, 0.3) is 0 Å². The van der Waals surface area contributed by atoms with Crippen LogP contribution in [0.3, 0.4) is 0 Å². The van der Waals surface area contributed by atoms with Crippen molar-refractivity contribution in [3.8, 4) is 5.69 Å². The second kappa shape index (κ2) is 3.87. The summed E-state index contributed by atoms with van der Waals surface area (Å²) in [5, 5.41) is 9.06. The van der Waals surface area contributed by atoms with Gasteiger partial charge in [-0.2, -0.15) is 0 Å². The van der Waals surface area contributed by atoms with Gasteiger partial charge in [0.2, 0.25) is 0 Å². The third-order valence-electron chi connectivity index (χ3n) is 2.75. The van der Waals surface area contributed by atoms with Gasteiger partial charge >= 0.3 is 0 Å². The van der Waals surface area contributed by atoms with E-state index >= 15 is 0 Å². The van der Waals surface area contributed by atoms with Crippen molar-refractivity contribution in [2.24, 2.45) is 0 Å². The molecule has 1 N–H and O–H groups in total. The summed E-state index contributed by atoms with van der Waals surface area (Å²) in [6.45, 7) is 0. The first kappa shape index (κ1) is 9.78. The van der Waals surface area contributed by atoms with Gasteiger partial charge in [0.15, 0.2) is 0 Å². The van der Waals surface area contributed by atoms with Crippen molar-refractivity contribution < 1.29 is 0 Å². The van der Waals surface area contributed by atoms with Gasteiger partial charge < -0.3 is 0 Å². The molecule has 0 amide bonds. The van der Waals surface area contributed by atoms with Gasteiger partial charge in [0.05, 0.1) is 5.52 Å². The van der Waals surface area contributed by atoms with Gasteiger partial charge in [-0.1, -0.05) is 30.3 Å². The molecule has 0 aliphatic heterocycles. The van der Waals surface area contributed by atoms with E-state index in [2.05, 4.69) is 4.98 Å². The Hall–Kier alpha value is -2.42. The molecule has 2 aromatic carbocycles. The van der Waals surface area contributed by atoms with E-state index in [1.165, 1.54) is 0 Å². The smallest absolute Gasteiger partial charge is 0.140 e. The molecule has 3 heteroatoms. The standard InChI is InChI=1S/C14H11N3/c15-14-12-8-4-5-9-13(12)16-10-17(14)11-6-2-1-3-7-11/h1-10,15H. The number of aromatic nitrogens is 2. The lowest BCUT2D eigenvalue weighted by molar-refractivity contribution is 0.911. The number of hydrogen-bond donors (Lipinski definition) is 1. The van der Waals surface area contributed by atoms with Crippen molar-refractivity contribution >= 4 is 10.9 Å². The van der Waals surface area contributed by atoms with Gasteiger partial charge in [0.1, 0.15) is 11.8 Å². The third-order valence-corrected chi connectivity index (χ3v) is 2.75. The minimum atomic E-state index is 0.460. The molecule has 1 aromatic heterocycles. The Labute approximate surface area is 98.5 Å². The number of nitrogens with zero attached hydrogens (tertiary/aromatic N) is 2. The van der Waals surface area contributed by atoms with Crippen molar-refractivity contribution in [1.82, 2.24) is 9.55 Å². The molecule has 1 heterocycles. The second-order valence-corrected chi connectivity index (χ2v) is 3.82. The Kier molecular flexibility index (Phi) is 2.22. The van der Waals surface area contributed by atoms with E-state index in [0.717, 1.165) is 16.6 Å². The molecule has 0 bridgehead atoms. The molecule has 0 fully saturated rings. The normalized spacial score (nSPS) is 10.6. The topological polar surface area (TPSA) is 41.7 Å². The molecule has 3 nitrogen and oxygen atoms in total. The van der Waals surface area contributed by atoms with Crippen molar-refractivity contribution in [1.29, 1.82) is 5.41 Å². The highest BCUT2D eigenvalue weighted by molar-refractivity contribution is 5.76. The summed E-state index contributed by atoms with van der Waals surface area (Å²) in [6.07, 6.45) is 1.69. The SMILES string of the molecule is N=c1c2ccccc2ncn1-c1ccccc1. The predicted octanol–water partition coefficient (Wildman–Crippen LogP) is 2.50. The molecule has 0 radical (unpaired) electrons. The Morgan fingerprint density at radius 3 is 2.41 bits per heavy atom. The zero-order valence-corrected chi connectivity index (χ0v) is 9.17. The van der Waals surface area contributed by atoms with Crippen molar-refractivity contribution in [3.63, 3.8) is 0 Å². The zero-order chi connectivity index (χ0) is 11.7. The lowest BCUT2D eigenvalue weighted by Gasteiger charge is -2.07. The summed E-state index contributed by atoms with van der Waals surface area (Å²) in [5.41, 5.74) is 2.27. The Bertz CT molecular complexity index is 714. The second-order valence-electron chi connectivity index (χ2n) is 3.82. The summed E-state index contributed by atoms with van der Waals surface area (Å²) in [4.78, 5) is 4.36. The Morgan fingerprint density at radius 2 is 1.59 bits per heavy atom. The number of fused-ring (bicyclic) bond motifs is 1. The molecule has 0 atom stereocenters. The number of para-hydroxylation sites is 2. The van der Waals surface area contributed by atoms with Crippen LogP contribution in [-0.2, 0) is 0 Å². The van der Waals surface area contributed by atoms with Gasteiger partial charge in [-0.15, -0.1) is 0 Å². The number of nitrogens with one attached hydrogen (secondary N) is 1. The number of rotatable bonds is 1. The molecule has 0 unspecified atom stereocenters. The van der Waals surface area contributed by atoms with Crippen molar-refractivity contribution in [2.75, 3.05) is 0 Å². The quantitative estimate of drug-likeness (QED) is 0.674. The first-order valence-electron chi connectivity index (χ1n) is 5.43. The summed E-state index contributed by atoms with van der Waals surface area (Å²) >= 11 is 0. The molecule has 0 spiro atoms. The van der Waals surface area contributed by atoms with Gasteiger partial charge in [-0.3, -0.25) is 9.98 Å². The predicted molar refractivity (Wildman–Crippen MR) is 66.9 cm³/mol. The summed E-state index contributed by atoms with van der Waals surface area (Å²) < 4.78 is 1.78. The highest BCUT2D eigenvalue weighted by atomic mass is 15.0. The monoisotopic (exact) mass is 221 g/mol. The molecule has 0 aliphatic rings. The number of hydrogen-bond acceptors (Lipinski definition) is 2. The molecule has 82 valence electrons. The fraction of sp³-hybridized carbons (Fsp3) is 0. The lowest BCUT2D eigenvalue weighted by Crippen LogP contribution is -2.18. The first-order valence-corrected chi connectivity index (χ1v) is 5.43. The Morgan fingerprint density at radius 1 is 0.882 bits per heavy atom. The maximum absolute atomic E-state index is 8.20. The van der Waals surface area contributed by atoms with Crippen molar-refractivity contribution in [3.05, 3.63) is 66.4 Å². The maximum atomic E-state index is 8.20. The molecule has 0 saturated carbocycles. The maximum Gasteiger partial charge on any atom is 0.140 e. The van der Waals surface area contributed by atoms with Crippen LogP contribution in [0, 0.1) is 5.41 Å². The van der Waals surface area contributed by atoms with Crippen LogP contribution in [-0.4, -0.2) is 9.55 Å². The highest BCUT2D eigenvalue weighted by Gasteiger charge is 2.01. The van der Waals surface area contributed by atoms with E-state index < -0.39 is 0 Å². The van der Waals surface area contributed by atoms with E-state index in [4.69, 9.17) is 5.41 Å². The molecular weight excluding hydrogens is 210 g/mol. The zero-order valence-electron chi connectivity index (χ0n) is 9.17. The molecule has 3 aromatic rings. The van der Waals surface area contributed by atoms with E-state index in [1.807, 2.05) is 54.6 Å². The molecule has 17 heavy (non-hydrogen) atoms. The molecule has 3 rings (SSSR count). The summed E-state index contributed by atoms with van der Waals surface area (Å²) in [6, 6.07) is 17.5. The van der Waals surface area contributed by atoms with E-state index in [9.17, 15) is 0 Å². The van der Waals surface area contributed by atoms with Gasteiger partial charge in [-0.25, -0.2) is 4.98 Å². The summed E-state index contributed by atoms with van der Waals surface area (Å²) in [7, 11) is 0. The van der Waals surface area contributed by atoms with Crippen LogP contribution < -0.4 is 5.49 Å². The molecule has 0 aliphatic carbocycles. The molecule has 0 saturated heterocycles. The van der Waals surface area contributed by atoms with Crippen LogP contribution in [0.15, 0.2) is 60.9 Å². The largest absolute Gasteiger partial charge is 0.285 e. The first-order chi connectivity index (χ1) is 8.36. The van der Waals surface area contributed by atoms with Crippen LogP contribution in [0.25, 0.3) is 16.6 Å². The van der Waals surface area contributed by atoms with Crippen LogP contribution >= 0.6 is 0 Å². The van der Waals surface area contributed by atoms with Crippen LogP contribution in [0.1, 0.15) is 0 Å². The average molecular weight is 221 g/mol. The van der Waals surface area contributed by atoms with Crippen LogP contribution in [0.2, 0.25) is 0 Å². The van der Waals surface area contributed by atoms with Gasteiger partial charge in [-0.05, 0) is 24.3 Å². The Balaban J connectivity index is 2.33. The minimum absolute atomic E-state index is 0.460. The highest BCUT2D eigenvalue weighted by Crippen LogP contribution is 2.08. The van der Waals surface area contributed by atoms with Gasteiger partial charge in [0, 0.05) is 11.1 Å².